The van der Waals surface area contributed by atoms with Gasteiger partial charge in [-0.3, -0.25) is 0 Å². The topological polar surface area (TPSA) is 87.3 Å². The molecule has 0 saturated carbocycles. The molecule has 1 aliphatic rings. The molecule has 1 atom stereocenters. The Morgan fingerprint density at radius 1 is 1.06 bits per heavy atom. The van der Waals surface area contributed by atoms with E-state index in [1.165, 1.54) is 0 Å². The van der Waals surface area contributed by atoms with Crippen LogP contribution < -0.4 is 10.2 Å². The van der Waals surface area contributed by atoms with E-state index < -0.39 is 0 Å². The summed E-state index contributed by atoms with van der Waals surface area (Å²) in [5.41, 5.74) is 5.07. The quantitative estimate of drug-likeness (QED) is 0.485. The summed E-state index contributed by atoms with van der Waals surface area (Å²) in [6.07, 6.45) is 1.11. The second-order valence-corrected chi connectivity index (χ2v) is 9.71. The number of hydrogen-bond acceptors (Lipinski definition) is 7. The smallest absolute Gasteiger partial charge is 0.192 e. The largest absolute Gasteiger partial charge is 0.507 e. The van der Waals surface area contributed by atoms with E-state index in [1.54, 1.807) is 13.0 Å². The Bertz CT molecular complexity index is 1320. The molecule has 3 aromatic heterocycles. The Balaban J connectivity index is 1.45. The van der Waals surface area contributed by atoms with Gasteiger partial charge in [-0.15, -0.1) is 0 Å². The van der Waals surface area contributed by atoms with Gasteiger partial charge >= 0.3 is 0 Å². The summed E-state index contributed by atoms with van der Waals surface area (Å²) in [5.74, 6) is 1.73. The van der Waals surface area contributed by atoms with E-state index in [4.69, 9.17) is 14.4 Å². The van der Waals surface area contributed by atoms with E-state index in [0.717, 1.165) is 36.4 Å². The van der Waals surface area contributed by atoms with Gasteiger partial charge in [0.05, 0.1) is 16.7 Å². The second kappa shape index (κ2) is 7.45. The molecule has 2 N–H and O–H groups in total. The summed E-state index contributed by atoms with van der Waals surface area (Å²) in [6, 6.07) is 10.2. The van der Waals surface area contributed by atoms with Crippen molar-refractivity contribution in [1.82, 2.24) is 20.3 Å². The number of benzene rings is 1. The molecule has 7 heteroatoms. The minimum atomic E-state index is 0.106. The van der Waals surface area contributed by atoms with Crippen LogP contribution in [0.2, 0.25) is 0 Å². The van der Waals surface area contributed by atoms with E-state index in [0.29, 0.717) is 39.9 Å². The first-order valence-corrected chi connectivity index (χ1v) is 11.1. The first kappa shape index (κ1) is 20.7. The fourth-order valence-corrected chi connectivity index (χ4v) is 4.54. The van der Waals surface area contributed by atoms with Crippen molar-refractivity contribution >= 4 is 28.0 Å². The Kier molecular flexibility index (Phi) is 4.82. The summed E-state index contributed by atoms with van der Waals surface area (Å²) >= 11 is 0. The second-order valence-electron chi connectivity index (χ2n) is 9.71. The lowest BCUT2D eigenvalue weighted by atomic mass is 10.0. The number of phenolic OH excluding ortho intramolecular Hbond substituents is 1. The summed E-state index contributed by atoms with van der Waals surface area (Å²) < 4.78 is 5.69. The highest BCUT2D eigenvalue weighted by molar-refractivity contribution is 5.89. The zero-order valence-electron chi connectivity index (χ0n) is 19.2. The third kappa shape index (κ3) is 3.77. The Hall–Kier alpha value is -3.19. The molecule has 0 amide bonds. The Labute approximate surface area is 187 Å². The van der Waals surface area contributed by atoms with Crippen LogP contribution in [0.1, 0.15) is 38.6 Å². The number of aromatic hydroxyl groups is 1. The van der Waals surface area contributed by atoms with Crippen molar-refractivity contribution < 1.29 is 9.52 Å². The molecular weight excluding hydrogens is 402 g/mol. The zero-order valence-corrected chi connectivity index (χ0v) is 19.2. The molecule has 1 aromatic carbocycles. The number of hydrogen-bond donors (Lipinski definition) is 2. The number of phenols is 1. The number of fused-ring (bicyclic) bond motifs is 2. The predicted molar refractivity (Wildman–Crippen MR) is 127 cm³/mol. The molecule has 7 nitrogen and oxygen atoms in total. The highest BCUT2D eigenvalue weighted by Crippen LogP contribution is 2.37. The van der Waals surface area contributed by atoms with Crippen LogP contribution in [0.25, 0.3) is 33.4 Å². The average molecular weight is 432 g/mol. The SMILES string of the molecule is Cc1nc2c(C)c(O)c(-c3ccc4nc(N5CC[C@H](NC(C)(C)C)C5)ccc4n3)cc2o1. The fourth-order valence-electron chi connectivity index (χ4n) is 4.54. The first-order chi connectivity index (χ1) is 15.2. The molecule has 0 bridgehead atoms. The maximum Gasteiger partial charge on any atom is 0.192 e. The van der Waals surface area contributed by atoms with Crippen molar-refractivity contribution in [3.63, 3.8) is 0 Å². The van der Waals surface area contributed by atoms with Crippen LogP contribution in [0, 0.1) is 13.8 Å². The van der Waals surface area contributed by atoms with Gasteiger partial charge < -0.3 is 19.7 Å². The standard InChI is InChI=1S/C25H29N5O2/c1-14-23-21(32-15(2)26-23)12-17(24(14)31)18-6-7-20-19(27-18)8-9-22(28-20)30-11-10-16(13-30)29-25(3,4)5/h6-9,12,16,29,31H,10-11,13H2,1-5H3/t16-/m0/s1. The van der Waals surface area contributed by atoms with E-state index >= 15 is 0 Å². The molecule has 4 aromatic rings. The number of rotatable bonds is 3. The van der Waals surface area contributed by atoms with Crippen molar-refractivity contribution in [2.75, 3.05) is 18.0 Å². The maximum atomic E-state index is 10.8. The van der Waals surface area contributed by atoms with Crippen LogP contribution >= 0.6 is 0 Å². The van der Waals surface area contributed by atoms with Crippen LogP contribution in [-0.2, 0) is 0 Å². The Morgan fingerprint density at radius 3 is 2.59 bits per heavy atom. The molecule has 0 unspecified atom stereocenters. The number of aryl methyl sites for hydroxylation is 2. The summed E-state index contributed by atoms with van der Waals surface area (Å²) in [5, 5.41) is 14.5. The van der Waals surface area contributed by atoms with Gasteiger partial charge in [-0.1, -0.05) is 0 Å². The molecule has 1 saturated heterocycles. The molecule has 166 valence electrons. The molecule has 0 spiro atoms. The van der Waals surface area contributed by atoms with Crippen LogP contribution in [0.3, 0.4) is 0 Å². The van der Waals surface area contributed by atoms with Crippen LogP contribution in [0.5, 0.6) is 5.75 Å². The van der Waals surface area contributed by atoms with Crippen LogP contribution in [-0.4, -0.2) is 44.7 Å². The van der Waals surface area contributed by atoms with Gasteiger partial charge in [-0.2, -0.15) is 0 Å². The molecule has 4 heterocycles. The number of anilines is 1. The van der Waals surface area contributed by atoms with E-state index in [1.807, 2.05) is 31.2 Å². The van der Waals surface area contributed by atoms with E-state index in [2.05, 4.69) is 36.0 Å². The lowest BCUT2D eigenvalue weighted by molar-refractivity contribution is 0.373. The van der Waals surface area contributed by atoms with E-state index in [-0.39, 0.29) is 11.3 Å². The lowest BCUT2D eigenvalue weighted by Gasteiger charge is -2.26. The average Bonchev–Trinajstić information content (AvgIpc) is 3.34. The van der Waals surface area contributed by atoms with Crippen molar-refractivity contribution in [3.8, 4) is 17.0 Å². The Morgan fingerprint density at radius 2 is 1.81 bits per heavy atom. The third-order valence-electron chi connectivity index (χ3n) is 5.95. The summed E-state index contributed by atoms with van der Waals surface area (Å²) in [7, 11) is 0. The van der Waals surface area contributed by atoms with Crippen LogP contribution in [0.15, 0.2) is 34.7 Å². The number of aromatic nitrogens is 3. The fraction of sp³-hybridized carbons (Fsp3) is 0.400. The van der Waals surface area contributed by atoms with E-state index in [9.17, 15) is 5.11 Å². The highest BCUT2D eigenvalue weighted by Gasteiger charge is 2.26. The van der Waals surface area contributed by atoms with Gasteiger partial charge in [0.25, 0.3) is 0 Å². The van der Waals surface area contributed by atoms with Crippen molar-refractivity contribution in [2.24, 2.45) is 0 Å². The minimum absolute atomic E-state index is 0.106. The molecule has 1 aliphatic heterocycles. The monoisotopic (exact) mass is 431 g/mol. The molecule has 5 rings (SSSR count). The highest BCUT2D eigenvalue weighted by atomic mass is 16.3. The molecule has 32 heavy (non-hydrogen) atoms. The number of oxazole rings is 1. The van der Waals surface area contributed by atoms with Gasteiger partial charge in [-0.25, -0.2) is 15.0 Å². The van der Waals surface area contributed by atoms with Crippen molar-refractivity contribution in [1.29, 1.82) is 0 Å². The van der Waals surface area contributed by atoms with Crippen molar-refractivity contribution in [3.05, 3.63) is 41.8 Å². The third-order valence-corrected chi connectivity index (χ3v) is 5.95. The van der Waals surface area contributed by atoms with Gasteiger partial charge in [0, 0.05) is 42.7 Å². The predicted octanol–water partition coefficient (Wildman–Crippen LogP) is 4.73. The van der Waals surface area contributed by atoms with Gasteiger partial charge in [-0.05, 0) is 64.4 Å². The van der Waals surface area contributed by atoms with Gasteiger partial charge in [0.15, 0.2) is 11.5 Å². The zero-order chi connectivity index (χ0) is 22.6. The summed E-state index contributed by atoms with van der Waals surface area (Å²) in [6.45, 7) is 12.2. The molecular formula is C25H29N5O2. The minimum Gasteiger partial charge on any atom is -0.507 e. The maximum absolute atomic E-state index is 10.8. The summed E-state index contributed by atoms with van der Waals surface area (Å²) in [4.78, 5) is 16.3. The number of pyridine rings is 2. The molecule has 1 fully saturated rings. The molecule has 0 radical (unpaired) electrons. The lowest BCUT2D eigenvalue weighted by Crippen LogP contribution is -2.44. The molecule has 0 aliphatic carbocycles. The number of nitrogens with zero attached hydrogens (tertiary/aromatic N) is 4. The number of nitrogens with one attached hydrogen (secondary N) is 1. The van der Waals surface area contributed by atoms with Gasteiger partial charge in [0.2, 0.25) is 0 Å². The normalized spacial score (nSPS) is 17.0. The van der Waals surface area contributed by atoms with Crippen molar-refractivity contribution in [2.45, 2.75) is 52.6 Å². The first-order valence-electron chi connectivity index (χ1n) is 11.1. The van der Waals surface area contributed by atoms with Crippen LogP contribution in [0.4, 0.5) is 5.82 Å². The van der Waals surface area contributed by atoms with Gasteiger partial charge in [0.1, 0.15) is 17.1 Å².